The first-order chi connectivity index (χ1) is 7.55. The fraction of sp³-hybridized carbons (Fsp3) is 0.538. The van der Waals surface area contributed by atoms with E-state index in [0.717, 1.165) is 17.7 Å². The first-order valence-electron chi connectivity index (χ1n) is 5.59. The van der Waals surface area contributed by atoms with Crippen LogP contribution in [-0.4, -0.2) is 25.8 Å². The van der Waals surface area contributed by atoms with Crippen molar-refractivity contribution < 1.29 is 9.84 Å². The Labute approximate surface area is 97.4 Å². The van der Waals surface area contributed by atoms with Gasteiger partial charge in [-0.05, 0) is 38.1 Å². The number of rotatable bonds is 5. The van der Waals surface area contributed by atoms with E-state index < -0.39 is 5.60 Å². The predicted octanol–water partition coefficient (Wildman–Crippen LogP) is 1.68. The molecule has 0 bridgehead atoms. The van der Waals surface area contributed by atoms with Crippen LogP contribution < -0.4 is 10.1 Å². The normalized spacial score (nSPS) is 14.6. The van der Waals surface area contributed by atoms with Crippen molar-refractivity contribution in [2.45, 2.75) is 25.9 Å². The highest BCUT2D eigenvalue weighted by Crippen LogP contribution is 2.30. The van der Waals surface area contributed by atoms with Crippen LogP contribution in [0.1, 0.15) is 25.0 Å². The topological polar surface area (TPSA) is 41.5 Å². The van der Waals surface area contributed by atoms with E-state index in [2.05, 4.69) is 12.2 Å². The predicted molar refractivity (Wildman–Crippen MR) is 65.9 cm³/mol. The summed E-state index contributed by atoms with van der Waals surface area (Å²) in [5.41, 5.74) is 1.13. The van der Waals surface area contributed by atoms with Crippen LogP contribution in [0.5, 0.6) is 5.75 Å². The Morgan fingerprint density at radius 3 is 2.62 bits per heavy atom. The maximum Gasteiger partial charge on any atom is 0.125 e. The molecule has 90 valence electrons. The molecule has 0 heterocycles. The molecule has 3 heteroatoms. The zero-order valence-electron chi connectivity index (χ0n) is 10.5. The first kappa shape index (κ1) is 13.0. The molecule has 1 rings (SSSR count). The molecule has 1 aromatic rings. The fourth-order valence-corrected chi connectivity index (χ4v) is 1.84. The molecule has 0 aromatic heterocycles. The number of benzene rings is 1. The van der Waals surface area contributed by atoms with Crippen molar-refractivity contribution in [2.75, 3.05) is 20.7 Å². The van der Waals surface area contributed by atoms with Crippen molar-refractivity contribution >= 4 is 0 Å². The Bertz CT molecular complexity index is 348. The lowest BCUT2D eigenvalue weighted by Crippen LogP contribution is -2.34. The third-order valence-electron chi connectivity index (χ3n) is 2.77. The Hall–Kier alpha value is -1.06. The molecule has 3 nitrogen and oxygen atoms in total. The van der Waals surface area contributed by atoms with Crippen LogP contribution in [-0.2, 0) is 12.0 Å². The van der Waals surface area contributed by atoms with Crippen molar-refractivity contribution in [3.63, 3.8) is 0 Å². The third kappa shape index (κ3) is 2.74. The van der Waals surface area contributed by atoms with E-state index in [0.29, 0.717) is 6.54 Å². The zero-order valence-corrected chi connectivity index (χ0v) is 10.5. The molecule has 1 unspecified atom stereocenters. The quantitative estimate of drug-likeness (QED) is 0.798. The smallest absolute Gasteiger partial charge is 0.125 e. The number of aliphatic hydroxyl groups is 1. The number of ether oxygens (including phenoxy) is 1. The molecular formula is C13H21NO2. The number of likely N-dealkylation sites (N-methyl/N-ethyl adjacent to an activating group) is 1. The molecule has 0 spiro atoms. The molecule has 2 N–H and O–H groups in total. The number of hydrogen-bond donors (Lipinski definition) is 2. The van der Waals surface area contributed by atoms with Gasteiger partial charge in [0.15, 0.2) is 0 Å². The molecule has 0 amide bonds. The highest BCUT2D eigenvalue weighted by molar-refractivity contribution is 5.41. The van der Waals surface area contributed by atoms with Crippen LogP contribution in [0.4, 0.5) is 0 Å². The van der Waals surface area contributed by atoms with E-state index in [4.69, 9.17) is 4.74 Å². The van der Waals surface area contributed by atoms with Crippen molar-refractivity contribution in [3.8, 4) is 5.75 Å². The molecule has 1 atom stereocenters. The van der Waals surface area contributed by atoms with Crippen molar-refractivity contribution in [1.82, 2.24) is 5.32 Å². The zero-order chi connectivity index (χ0) is 12.2. The number of methoxy groups -OCH3 is 1. The molecule has 0 saturated carbocycles. The number of aryl methyl sites for hydroxylation is 1. The average Bonchev–Trinajstić information content (AvgIpc) is 2.28. The van der Waals surface area contributed by atoms with Gasteiger partial charge in [0.25, 0.3) is 0 Å². The first-order valence-corrected chi connectivity index (χ1v) is 5.59. The summed E-state index contributed by atoms with van der Waals surface area (Å²) < 4.78 is 5.29. The van der Waals surface area contributed by atoms with Gasteiger partial charge in [-0.2, -0.15) is 0 Å². The summed E-state index contributed by atoms with van der Waals surface area (Å²) in [6.45, 7) is 4.38. The van der Waals surface area contributed by atoms with Gasteiger partial charge >= 0.3 is 0 Å². The molecule has 0 saturated heterocycles. The minimum Gasteiger partial charge on any atom is -0.496 e. The lowest BCUT2D eigenvalue weighted by Gasteiger charge is -2.26. The van der Waals surface area contributed by atoms with E-state index in [-0.39, 0.29) is 0 Å². The summed E-state index contributed by atoms with van der Waals surface area (Å²) in [6.07, 6.45) is 0.951. The van der Waals surface area contributed by atoms with Gasteiger partial charge in [0.05, 0.1) is 7.11 Å². The van der Waals surface area contributed by atoms with E-state index in [1.54, 1.807) is 14.0 Å². The third-order valence-corrected chi connectivity index (χ3v) is 2.77. The van der Waals surface area contributed by atoms with Gasteiger partial charge in [-0.3, -0.25) is 0 Å². The summed E-state index contributed by atoms with van der Waals surface area (Å²) in [5, 5.41) is 13.4. The van der Waals surface area contributed by atoms with E-state index in [9.17, 15) is 5.11 Å². The molecule has 16 heavy (non-hydrogen) atoms. The highest BCUT2D eigenvalue weighted by Gasteiger charge is 2.26. The summed E-state index contributed by atoms with van der Waals surface area (Å²) in [4.78, 5) is 0. The SMILES string of the molecule is CCc1ccc(OC)c(C(C)(O)CNC)c1. The molecule has 0 aliphatic rings. The van der Waals surface area contributed by atoms with Gasteiger partial charge in [0.1, 0.15) is 11.4 Å². The van der Waals surface area contributed by atoms with Crippen LogP contribution in [0, 0.1) is 0 Å². The van der Waals surface area contributed by atoms with Crippen LogP contribution >= 0.6 is 0 Å². The maximum absolute atomic E-state index is 10.4. The van der Waals surface area contributed by atoms with Crippen molar-refractivity contribution in [3.05, 3.63) is 29.3 Å². The van der Waals surface area contributed by atoms with Gasteiger partial charge in [-0.15, -0.1) is 0 Å². The van der Waals surface area contributed by atoms with Gasteiger partial charge in [0, 0.05) is 12.1 Å². The molecule has 0 fully saturated rings. The van der Waals surface area contributed by atoms with Crippen LogP contribution in [0.3, 0.4) is 0 Å². The van der Waals surface area contributed by atoms with Crippen LogP contribution in [0.2, 0.25) is 0 Å². The largest absolute Gasteiger partial charge is 0.496 e. The second kappa shape index (κ2) is 5.32. The van der Waals surface area contributed by atoms with Crippen LogP contribution in [0.25, 0.3) is 0 Å². The Morgan fingerprint density at radius 2 is 2.12 bits per heavy atom. The second-order valence-electron chi connectivity index (χ2n) is 4.19. The minimum absolute atomic E-state index is 0.497. The lowest BCUT2D eigenvalue weighted by atomic mass is 9.93. The Morgan fingerprint density at radius 1 is 1.44 bits per heavy atom. The van der Waals surface area contributed by atoms with Crippen molar-refractivity contribution in [2.24, 2.45) is 0 Å². The summed E-state index contributed by atoms with van der Waals surface area (Å²) in [6, 6.07) is 5.95. The number of nitrogens with one attached hydrogen (secondary N) is 1. The standard InChI is InChI=1S/C13H21NO2/c1-5-10-6-7-12(16-4)11(8-10)13(2,15)9-14-3/h6-8,14-15H,5,9H2,1-4H3. The van der Waals surface area contributed by atoms with Gasteiger partial charge in [0.2, 0.25) is 0 Å². The highest BCUT2D eigenvalue weighted by atomic mass is 16.5. The van der Waals surface area contributed by atoms with Gasteiger partial charge in [-0.25, -0.2) is 0 Å². The Kier molecular flexibility index (Phi) is 4.33. The summed E-state index contributed by atoms with van der Waals surface area (Å²) in [5.74, 6) is 0.734. The molecule has 0 aliphatic heterocycles. The molecule has 0 radical (unpaired) electrons. The maximum atomic E-state index is 10.4. The van der Waals surface area contributed by atoms with E-state index in [1.165, 1.54) is 5.56 Å². The summed E-state index contributed by atoms with van der Waals surface area (Å²) >= 11 is 0. The Balaban J connectivity index is 3.17. The van der Waals surface area contributed by atoms with Crippen LogP contribution in [0.15, 0.2) is 18.2 Å². The van der Waals surface area contributed by atoms with Crippen molar-refractivity contribution in [1.29, 1.82) is 0 Å². The molecular weight excluding hydrogens is 202 g/mol. The second-order valence-corrected chi connectivity index (χ2v) is 4.19. The molecule has 1 aromatic carbocycles. The summed E-state index contributed by atoms with van der Waals surface area (Å²) in [7, 11) is 3.45. The fourth-order valence-electron chi connectivity index (χ4n) is 1.84. The molecule has 0 aliphatic carbocycles. The van der Waals surface area contributed by atoms with E-state index in [1.807, 2.05) is 25.2 Å². The van der Waals surface area contributed by atoms with Gasteiger partial charge in [-0.1, -0.05) is 13.0 Å². The van der Waals surface area contributed by atoms with E-state index >= 15 is 0 Å². The minimum atomic E-state index is -0.911. The number of hydrogen-bond acceptors (Lipinski definition) is 3. The van der Waals surface area contributed by atoms with Gasteiger partial charge < -0.3 is 15.2 Å². The average molecular weight is 223 g/mol. The monoisotopic (exact) mass is 223 g/mol. The lowest BCUT2D eigenvalue weighted by molar-refractivity contribution is 0.0564.